The molecule has 3 rings (SSSR count). The van der Waals surface area contributed by atoms with Crippen LogP contribution >= 0.6 is 0 Å². The zero-order valence-electron chi connectivity index (χ0n) is 14.4. The largest absolute Gasteiger partial charge is 0.357 e. The molecule has 1 atom stereocenters. The number of carbonyl (C=O) groups is 1. The first-order valence-corrected chi connectivity index (χ1v) is 9.30. The molecular weight excluding hydrogens is 290 g/mol. The maximum Gasteiger partial charge on any atom is 0.244 e. The lowest BCUT2D eigenvalue weighted by atomic mass is 10.1. The molecule has 6 nitrogen and oxygen atoms in total. The number of aliphatic imine (C=N–C) groups is 1. The Labute approximate surface area is 139 Å². The molecule has 0 aromatic rings. The fraction of sp³-hybridized carbons (Fsp3) is 0.882. The maximum atomic E-state index is 12.1. The van der Waals surface area contributed by atoms with Crippen molar-refractivity contribution < 1.29 is 4.79 Å². The highest BCUT2D eigenvalue weighted by molar-refractivity contribution is 5.85. The average Bonchev–Trinajstić information content (AvgIpc) is 3.07. The highest BCUT2D eigenvalue weighted by Crippen LogP contribution is 2.31. The molecule has 0 radical (unpaired) electrons. The predicted molar refractivity (Wildman–Crippen MR) is 92.5 cm³/mol. The second kappa shape index (κ2) is 7.99. The lowest BCUT2D eigenvalue weighted by molar-refractivity contribution is -0.128. The van der Waals surface area contributed by atoms with Gasteiger partial charge in [0, 0.05) is 38.8 Å². The van der Waals surface area contributed by atoms with Gasteiger partial charge >= 0.3 is 0 Å². The molecule has 1 saturated carbocycles. The van der Waals surface area contributed by atoms with E-state index in [1.807, 2.05) is 4.90 Å². The highest BCUT2D eigenvalue weighted by Gasteiger charge is 2.34. The minimum atomic E-state index is 0.153. The summed E-state index contributed by atoms with van der Waals surface area (Å²) in [5, 5.41) is 6.68. The van der Waals surface area contributed by atoms with Gasteiger partial charge in [0.2, 0.25) is 5.91 Å². The number of amides is 1. The smallest absolute Gasteiger partial charge is 0.244 e. The third-order valence-corrected chi connectivity index (χ3v) is 5.11. The number of guanidine groups is 1. The molecule has 2 aliphatic heterocycles. The molecule has 0 spiro atoms. The quantitative estimate of drug-likeness (QED) is 0.557. The first kappa shape index (κ1) is 16.6. The third kappa shape index (κ3) is 4.83. The van der Waals surface area contributed by atoms with Crippen molar-refractivity contribution in [3.8, 4) is 0 Å². The Kier molecular flexibility index (Phi) is 5.75. The summed E-state index contributed by atoms with van der Waals surface area (Å²) in [6.45, 7) is 8.35. The Balaban J connectivity index is 1.42. The van der Waals surface area contributed by atoms with Crippen molar-refractivity contribution in [2.24, 2.45) is 10.9 Å². The number of hydrogen-bond donors (Lipinski definition) is 2. The summed E-state index contributed by atoms with van der Waals surface area (Å²) in [6, 6.07) is 0.875. The number of rotatable bonds is 6. The van der Waals surface area contributed by atoms with E-state index in [0.29, 0.717) is 5.92 Å². The van der Waals surface area contributed by atoms with Crippen LogP contribution in [0, 0.1) is 5.92 Å². The fourth-order valence-electron chi connectivity index (χ4n) is 3.60. The topological polar surface area (TPSA) is 60.0 Å². The van der Waals surface area contributed by atoms with E-state index in [4.69, 9.17) is 0 Å². The lowest BCUT2D eigenvalue weighted by Gasteiger charge is -2.17. The average molecular weight is 321 g/mol. The molecule has 6 heteroatoms. The van der Waals surface area contributed by atoms with Crippen LogP contribution in [0.1, 0.15) is 39.0 Å². The van der Waals surface area contributed by atoms with E-state index in [-0.39, 0.29) is 12.5 Å². The second-order valence-corrected chi connectivity index (χ2v) is 7.04. The van der Waals surface area contributed by atoms with Crippen molar-refractivity contribution in [1.82, 2.24) is 20.4 Å². The van der Waals surface area contributed by atoms with E-state index in [2.05, 4.69) is 27.4 Å². The highest BCUT2D eigenvalue weighted by atomic mass is 16.2. The zero-order valence-corrected chi connectivity index (χ0v) is 14.4. The van der Waals surface area contributed by atoms with Crippen LogP contribution in [0.3, 0.4) is 0 Å². The van der Waals surface area contributed by atoms with E-state index in [0.717, 1.165) is 51.0 Å². The summed E-state index contributed by atoms with van der Waals surface area (Å²) in [6.07, 6.45) is 6.32. The summed E-state index contributed by atoms with van der Waals surface area (Å²) in [5.74, 6) is 1.64. The van der Waals surface area contributed by atoms with Crippen molar-refractivity contribution in [3.05, 3.63) is 0 Å². The zero-order chi connectivity index (χ0) is 16.1. The Bertz CT molecular complexity index is 429. The van der Waals surface area contributed by atoms with Crippen LogP contribution in [0.2, 0.25) is 0 Å². The Morgan fingerprint density at radius 2 is 1.91 bits per heavy atom. The summed E-state index contributed by atoms with van der Waals surface area (Å²) < 4.78 is 0. The molecule has 1 aliphatic carbocycles. The van der Waals surface area contributed by atoms with Gasteiger partial charge in [0.1, 0.15) is 6.54 Å². The van der Waals surface area contributed by atoms with Crippen molar-refractivity contribution in [2.45, 2.75) is 45.1 Å². The molecule has 2 N–H and O–H groups in total. The van der Waals surface area contributed by atoms with Crippen LogP contribution in [0.15, 0.2) is 4.99 Å². The second-order valence-electron chi connectivity index (χ2n) is 7.04. The van der Waals surface area contributed by atoms with Gasteiger partial charge in [-0.2, -0.15) is 0 Å². The minimum absolute atomic E-state index is 0.153. The molecule has 1 unspecified atom stereocenters. The number of carbonyl (C=O) groups excluding carboxylic acids is 1. The summed E-state index contributed by atoms with van der Waals surface area (Å²) in [7, 11) is 0. The van der Waals surface area contributed by atoms with Crippen LogP contribution in [-0.2, 0) is 4.79 Å². The van der Waals surface area contributed by atoms with Gasteiger partial charge in [-0.1, -0.05) is 0 Å². The number of nitrogens with one attached hydrogen (secondary N) is 2. The van der Waals surface area contributed by atoms with Crippen molar-refractivity contribution in [3.63, 3.8) is 0 Å². The van der Waals surface area contributed by atoms with Crippen LogP contribution in [0.25, 0.3) is 0 Å². The van der Waals surface area contributed by atoms with Gasteiger partial charge in [0.25, 0.3) is 0 Å². The fourth-order valence-corrected chi connectivity index (χ4v) is 3.60. The molecule has 23 heavy (non-hydrogen) atoms. The normalized spacial score (nSPS) is 25.9. The molecule has 0 bridgehead atoms. The van der Waals surface area contributed by atoms with Crippen molar-refractivity contribution in [2.75, 3.05) is 45.8 Å². The van der Waals surface area contributed by atoms with E-state index < -0.39 is 0 Å². The van der Waals surface area contributed by atoms with Crippen LogP contribution < -0.4 is 10.6 Å². The first-order chi connectivity index (χ1) is 11.3. The van der Waals surface area contributed by atoms with Gasteiger partial charge in [-0.05, 0) is 51.5 Å². The van der Waals surface area contributed by atoms with Gasteiger partial charge < -0.3 is 20.4 Å². The summed E-state index contributed by atoms with van der Waals surface area (Å²) in [5.41, 5.74) is 0. The van der Waals surface area contributed by atoms with Crippen molar-refractivity contribution >= 4 is 11.9 Å². The number of nitrogens with zero attached hydrogens (tertiary/aromatic N) is 3. The molecule has 130 valence electrons. The summed E-state index contributed by atoms with van der Waals surface area (Å²) >= 11 is 0. The monoisotopic (exact) mass is 321 g/mol. The molecular formula is C17H31N5O. The number of hydrogen-bond acceptors (Lipinski definition) is 3. The minimum Gasteiger partial charge on any atom is -0.357 e. The van der Waals surface area contributed by atoms with E-state index in [1.165, 1.54) is 32.4 Å². The Morgan fingerprint density at radius 1 is 1.13 bits per heavy atom. The van der Waals surface area contributed by atoms with E-state index in [9.17, 15) is 4.79 Å². The SMILES string of the molecule is CCNC(=NCC(=O)N1CCCC1)NCC1CCN(C2CC2)C1. The van der Waals surface area contributed by atoms with Gasteiger partial charge in [0.05, 0.1) is 0 Å². The maximum absolute atomic E-state index is 12.1. The Hall–Kier alpha value is -1.30. The predicted octanol–water partition coefficient (Wildman–Crippen LogP) is 0.648. The van der Waals surface area contributed by atoms with Gasteiger partial charge in [-0.15, -0.1) is 0 Å². The summed E-state index contributed by atoms with van der Waals surface area (Å²) in [4.78, 5) is 21.1. The van der Waals surface area contributed by atoms with Gasteiger partial charge in [-0.3, -0.25) is 4.79 Å². The molecule has 2 saturated heterocycles. The van der Waals surface area contributed by atoms with Gasteiger partial charge in [-0.25, -0.2) is 4.99 Å². The molecule has 0 aromatic heterocycles. The number of likely N-dealkylation sites (tertiary alicyclic amines) is 2. The third-order valence-electron chi connectivity index (χ3n) is 5.11. The molecule has 1 amide bonds. The standard InChI is InChI=1S/C17H31N5O/c1-2-18-17(20-12-16(23)21-8-3-4-9-21)19-11-14-7-10-22(13-14)15-5-6-15/h14-15H,2-13H2,1H3,(H2,18,19,20). The molecule has 0 aromatic carbocycles. The van der Waals surface area contributed by atoms with Crippen molar-refractivity contribution in [1.29, 1.82) is 0 Å². The van der Waals surface area contributed by atoms with Crippen LogP contribution in [0.4, 0.5) is 0 Å². The molecule has 2 heterocycles. The first-order valence-electron chi connectivity index (χ1n) is 9.30. The van der Waals surface area contributed by atoms with E-state index >= 15 is 0 Å². The lowest BCUT2D eigenvalue weighted by Crippen LogP contribution is -2.41. The van der Waals surface area contributed by atoms with Gasteiger partial charge in [0.15, 0.2) is 5.96 Å². The Morgan fingerprint density at radius 3 is 2.61 bits per heavy atom. The van der Waals surface area contributed by atoms with Crippen LogP contribution in [-0.4, -0.2) is 73.5 Å². The molecule has 3 fully saturated rings. The molecule has 3 aliphatic rings. The van der Waals surface area contributed by atoms with E-state index in [1.54, 1.807) is 0 Å². The van der Waals surface area contributed by atoms with Crippen LogP contribution in [0.5, 0.6) is 0 Å².